The Morgan fingerprint density at radius 1 is 0.825 bits per heavy atom. The van der Waals surface area contributed by atoms with Crippen molar-refractivity contribution in [3.8, 4) is 5.75 Å². The summed E-state index contributed by atoms with van der Waals surface area (Å²) in [6.45, 7) is 5.99. The van der Waals surface area contributed by atoms with Gasteiger partial charge in [-0.15, -0.1) is 12.4 Å². The molecule has 0 saturated heterocycles. The zero-order valence-electron chi connectivity index (χ0n) is 23.5. The monoisotopic (exact) mass is 565 g/mol. The number of carbonyl (C=O) groups excluding carboxylic acids is 3. The number of benzene rings is 3. The molecular formula is C32H40ClN3O4. The third kappa shape index (κ3) is 9.81. The summed E-state index contributed by atoms with van der Waals surface area (Å²) in [5.74, 6) is 0.152. The van der Waals surface area contributed by atoms with Crippen LogP contribution in [0, 0.1) is 0 Å². The van der Waals surface area contributed by atoms with Gasteiger partial charge in [-0.2, -0.15) is 0 Å². The van der Waals surface area contributed by atoms with Gasteiger partial charge in [0.15, 0.2) is 5.78 Å². The van der Waals surface area contributed by atoms with E-state index in [2.05, 4.69) is 10.6 Å². The van der Waals surface area contributed by atoms with Gasteiger partial charge < -0.3 is 20.3 Å². The molecule has 7 nitrogen and oxygen atoms in total. The fourth-order valence-corrected chi connectivity index (χ4v) is 4.40. The number of ether oxygens (including phenoxy) is 1. The molecule has 0 aliphatic heterocycles. The van der Waals surface area contributed by atoms with Gasteiger partial charge in [-0.05, 0) is 60.7 Å². The predicted octanol–water partition coefficient (Wildman–Crippen LogP) is 5.08. The molecule has 2 amide bonds. The standard InChI is InChI=1S/C32H39N3O4.ClH/c1-4-17-35(18-5-2)32(38)27-15-10-14-26(21-27)31(37)34-29(20-24-11-7-6-8-12-24)30(36)23-33-22-25-13-9-16-28(19-25)39-3;/h6-16,19,21,29,33H,4-5,17-18,20,22-23H2,1-3H3,(H,34,37);1H/t29-;/m0./s1. The molecule has 3 rings (SSSR count). The van der Waals surface area contributed by atoms with Crippen molar-refractivity contribution in [3.05, 3.63) is 101 Å². The number of nitrogens with one attached hydrogen (secondary N) is 2. The van der Waals surface area contributed by atoms with Crippen LogP contribution in [0.4, 0.5) is 0 Å². The Morgan fingerprint density at radius 3 is 2.15 bits per heavy atom. The van der Waals surface area contributed by atoms with Gasteiger partial charge in [0.1, 0.15) is 5.75 Å². The van der Waals surface area contributed by atoms with E-state index in [0.717, 1.165) is 29.7 Å². The Bertz CT molecular complexity index is 1230. The maximum absolute atomic E-state index is 13.3. The third-order valence-electron chi connectivity index (χ3n) is 6.39. The summed E-state index contributed by atoms with van der Waals surface area (Å²) < 4.78 is 5.27. The van der Waals surface area contributed by atoms with Crippen LogP contribution in [0.3, 0.4) is 0 Å². The van der Waals surface area contributed by atoms with E-state index in [1.54, 1.807) is 31.4 Å². The predicted molar refractivity (Wildman–Crippen MR) is 161 cm³/mol. The number of nitrogens with zero attached hydrogens (tertiary/aromatic N) is 1. The number of amides is 2. The molecule has 2 N–H and O–H groups in total. The maximum Gasteiger partial charge on any atom is 0.253 e. The van der Waals surface area contributed by atoms with E-state index < -0.39 is 6.04 Å². The number of carbonyl (C=O) groups is 3. The number of hydrogen-bond donors (Lipinski definition) is 2. The van der Waals surface area contributed by atoms with Crippen molar-refractivity contribution in [1.82, 2.24) is 15.5 Å². The average Bonchev–Trinajstić information content (AvgIpc) is 2.97. The lowest BCUT2D eigenvalue weighted by molar-refractivity contribution is -0.120. The lowest BCUT2D eigenvalue weighted by Crippen LogP contribution is -2.45. The molecular weight excluding hydrogens is 526 g/mol. The largest absolute Gasteiger partial charge is 0.497 e. The van der Waals surface area contributed by atoms with E-state index in [0.29, 0.717) is 37.2 Å². The second-order valence-corrected chi connectivity index (χ2v) is 9.51. The lowest BCUT2D eigenvalue weighted by atomic mass is 10.0. The minimum absolute atomic E-state index is 0. The summed E-state index contributed by atoms with van der Waals surface area (Å²) in [6, 6.07) is 23.2. The highest BCUT2D eigenvalue weighted by Gasteiger charge is 2.23. The van der Waals surface area contributed by atoms with Crippen LogP contribution in [-0.4, -0.2) is 55.3 Å². The first-order valence-corrected chi connectivity index (χ1v) is 13.6. The molecule has 8 heteroatoms. The quantitative estimate of drug-likeness (QED) is 0.268. The van der Waals surface area contributed by atoms with Gasteiger partial charge in [0, 0.05) is 30.8 Å². The molecule has 0 saturated carbocycles. The number of methoxy groups -OCH3 is 1. The zero-order valence-corrected chi connectivity index (χ0v) is 24.3. The molecule has 0 aliphatic rings. The van der Waals surface area contributed by atoms with Crippen molar-refractivity contribution in [2.75, 3.05) is 26.7 Å². The van der Waals surface area contributed by atoms with Gasteiger partial charge in [-0.3, -0.25) is 14.4 Å². The van der Waals surface area contributed by atoms with Crippen molar-refractivity contribution in [2.24, 2.45) is 0 Å². The third-order valence-corrected chi connectivity index (χ3v) is 6.39. The second-order valence-electron chi connectivity index (χ2n) is 9.51. The molecule has 0 aliphatic carbocycles. The number of halogens is 1. The highest BCUT2D eigenvalue weighted by Crippen LogP contribution is 2.13. The summed E-state index contributed by atoms with van der Waals surface area (Å²) in [7, 11) is 1.62. The van der Waals surface area contributed by atoms with E-state index >= 15 is 0 Å². The molecule has 0 unspecified atom stereocenters. The molecule has 0 bridgehead atoms. The summed E-state index contributed by atoms with van der Waals surface area (Å²) >= 11 is 0. The van der Waals surface area contributed by atoms with Crippen LogP contribution >= 0.6 is 12.4 Å². The van der Waals surface area contributed by atoms with Gasteiger partial charge >= 0.3 is 0 Å². The maximum atomic E-state index is 13.3. The van der Waals surface area contributed by atoms with Crippen molar-refractivity contribution >= 4 is 30.0 Å². The van der Waals surface area contributed by atoms with Crippen LogP contribution in [0.2, 0.25) is 0 Å². The van der Waals surface area contributed by atoms with Crippen molar-refractivity contribution < 1.29 is 19.1 Å². The van der Waals surface area contributed by atoms with Gasteiger partial charge in [0.2, 0.25) is 0 Å². The minimum Gasteiger partial charge on any atom is -0.497 e. The van der Waals surface area contributed by atoms with Crippen LogP contribution in [0.1, 0.15) is 58.5 Å². The highest BCUT2D eigenvalue weighted by molar-refractivity contribution is 6.01. The van der Waals surface area contributed by atoms with E-state index in [1.165, 1.54) is 0 Å². The first kappa shape index (κ1) is 32.5. The molecule has 0 aromatic heterocycles. The molecule has 40 heavy (non-hydrogen) atoms. The van der Waals surface area contributed by atoms with Crippen LogP contribution < -0.4 is 15.4 Å². The van der Waals surface area contributed by atoms with Gasteiger partial charge in [-0.1, -0.05) is 62.4 Å². The fourth-order valence-electron chi connectivity index (χ4n) is 4.40. The summed E-state index contributed by atoms with van der Waals surface area (Å²) in [4.78, 5) is 41.4. The molecule has 0 radical (unpaired) electrons. The van der Waals surface area contributed by atoms with Crippen LogP contribution in [-0.2, 0) is 17.8 Å². The van der Waals surface area contributed by atoms with E-state index in [-0.39, 0.29) is 36.5 Å². The van der Waals surface area contributed by atoms with E-state index in [4.69, 9.17) is 4.74 Å². The Kier molecular flexibility index (Phi) is 13.9. The number of ketones is 1. The zero-order chi connectivity index (χ0) is 28.0. The first-order valence-electron chi connectivity index (χ1n) is 13.6. The summed E-state index contributed by atoms with van der Waals surface area (Å²) in [5.41, 5.74) is 2.76. The normalized spacial score (nSPS) is 11.2. The second kappa shape index (κ2) is 17.1. The van der Waals surface area contributed by atoms with E-state index in [1.807, 2.05) is 73.3 Å². The molecule has 1 atom stereocenters. The molecule has 0 heterocycles. The molecule has 3 aromatic carbocycles. The molecule has 214 valence electrons. The Labute approximate surface area is 243 Å². The SMILES string of the molecule is CCCN(CCC)C(=O)c1cccc(C(=O)N[C@@H](Cc2ccccc2)C(=O)CNCc2cccc(OC)c2)c1.Cl. The van der Waals surface area contributed by atoms with E-state index in [9.17, 15) is 14.4 Å². The minimum atomic E-state index is -0.728. The summed E-state index contributed by atoms with van der Waals surface area (Å²) in [6.07, 6.45) is 2.09. The molecule has 3 aromatic rings. The Hall–Kier alpha value is -3.68. The first-order chi connectivity index (χ1) is 18.9. The average molecular weight is 566 g/mol. The van der Waals surface area contributed by atoms with Crippen LogP contribution in [0.25, 0.3) is 0 Å². The smallest absolute Gasteiger partial charge is 0.253 e. The lowest BCUT2D eigenvalue weighted by Gasteiger charge is -2.22. The number of rotatable bonds is 15. The van der Waals surface area contributed by atoms with Crippen molar-refractivity contribution in [3.63, 3.8) is 0 Å². The van der Waals surface area contributed by atoms with Crippen molar-refractivity contribution in [1.29, 1.82) is 0 Å². The molecule has 0 fully saturated rings. The van der Waals surface area contributed by atoms with Gasteiger partial charge in [0.25, 0.3) is 11.8 Å². The molecule has 0 spiro atoms. The highest BCUT2D eigenvalue weighted by atomic mass is 35.5. The van der Waals surface area contributed by atoms with Crippen molar-refractivity contribution in [2.45, 2.75) is 45.7 Å². The topological polar surface area (TPSA) is 87.7 Å². The Balaban J connectivity index is 0.00000560. The van der Waals surface area contributed by atoms with Crippen LogP contribution in [0.15, 0.2) is 78.9 Å². The summed E-state index contributed by atoms with van der Waals surface area (Å²) in [5, 5.41) is 6.11. The number of hydrogen-bond acceptors (Lipinski definition) is 5. The van der Waals surface area contributed by atoms with Crippen LogP contribution in [0.5, 0.6) is 5.75 Å². The fraction of sp³-hybridized carbons (Fsp3) is 0.344. The van der Waals surface area contributed by atoms with Gasteiger partial charge in [0.05, 0.1) is 19.7 Å². The van der Waals surface area contributed by atoms with Gasteiger partial charge in [-0.25, -0.2) is 0 Å². The number of Topliss-reactive ketones (excluding diaryl/α,β-unsaturated/α-hetero) is 1. The Morgan fingerprint density at radius 2 is 1.48 bits per heavy atom.